The molecular formula is C12H23NO4. The summed E-state index contributed by atoms with van der Waals surface area (Å²) in [5, 5.41) is 20.1. The fraction of sp³-hybridized carbons (Fsp3) is 0.833. The molecule has 0 saturated carbocycles. The molecule has 0 unspecified atom stereocenters. The number of carbonyl (C=O) groups excluding carboxylic acids is 1. The summed E-state index contributed by atoms with van der Waals surface area (Å²) in [6.07, 6.45) is 3.56. The molecule has 17 heavy (non-hydrogen) atoms. The summed E-state index contributed by atoms with van der Waals surface area (Å²) in [7, 11) is 0. The number of hydrogen-bond donors (Lipinski definition) is 3. The third kappa shape index (κ3) is 7.74. The van der Waals surface area contributed by atoms with Gasteiger partial charge in [0.15, 0.2) is 0 Å². The number of carbonyl (C=O) groups is 2. The lowest BCUT2D eigenvalue weighted by molar-refractivity contribution is -0.149. The fourth-order valence-corrected chi connectivity index (χ4v) is 1.36. The molecule has 0 fully saturated rings. The highest BCUT2D eigenvalue weighted by molar-refractivity contribution is 5.84. The third-order valence-corrected chi connectivity index (χ3v) is 2.59. The van der Waals surface area contributed by atoms with Crippen LogP contribution in [0.15, 0.2) is 0 Å². The van der Waals surface area contributed by atoms with E-state index in [2.05, 4.69) is 5.32 Å². The Hall–Kier alpha value is -1.10. The highest BCUT2D eigenvalue weighted by atomic mass is 16.4. The van der Waals surface area contributed by atoms with Gasteiger partial charge in [0.2, 0.25) is 5.91 Å². The number of nitrogens with one attached hydrogen (secondary N) is 1. The Labute approximate surface area is 102 Å². The van der Waals surface area contributed by atoms with E-state index in [-0.39, 0.29) is 18.9 Å². The predicted molar refractivity (Wildman–Crippen MR) is 64.6 cm³/mol. The van der Waals surface area contributed by atoms with E-state index in [0.717, 1.165) is 25.7 Å². The van der Waals surface area contributed by atoms with E-state index in [0.29, 0.717) is 6.54 Å². The summed E-state index contributed by atoms with van der Waals surface area (Å²) in [6.45, 7) is 3.85. The Kier molecular flexibility index (Phi) is 7.54. The van der Waals surface area contributed by atoms with E-state index in [1.807, 2.05) is 0 Å². The van der Waals surface area contributed by atoms with Crippen LogP contribution in [0.1, 0.15) is 46.0 Å². The second-order valence-corrected chi connectivity index (χ2v) is 4.85. The molecule has 0 aromatic heterocycles. The molecule has 100 valence electrons. The van der Waals surface area contributed by atoms with Crippen LogP contribution in [0.4, 0.5) is 0 Å². The molecule has 5 nitrogen and oxygen atoms in total. The maximum absolute atomic E-state index is 11.4. The molecule has 0 bridgehead atoms. The molecule has 0 spiro atoms. The number of amides is 1. The van der Waals surface area contributed by atoms with Crippen molar-refractivity contribution < 1.29 is 19.8 Å². The van der Waals surface area contributed by atoms with Gasteiger partial charge in [-0.05, 0) is 26.7 Å². The summed E-state index contributed by atoms with van der Waals surface area (Å²) in [4.78, 5) is 22.2. The second kappa shape index (κ2) is 8.06. The van der Waals surface area contributed by atoms with Gasteiger partial charge in [0.1, 0.15) is 0 Å². The van der Waals surface area contributed by atoms with Gasteiger partial charge >= 0.3 is 5.97 Å². The fourth-order valence-electron chi connectivity index (χ4n) is 1.36. The van der Waals surface area contributed by atoms with E-state index in [9.17, 15) is 9.59 Å². The monoisotopic (exact) mass is 245 g/mol. The highest BCUT2D eigenvalue weighted by Gasteiger charge is 2.29. The van der Waals surface area contributed by atoms with Crippen LogP contribution >= 0.6 is 0 Å². The Morgan fingerprint density at radius 1 is 1.12 bits per heavy atom. The summed E-state index contributed by atoms with van der Waals surface area (Å²) >= 11 is 0. The average molecular weight is 245 g/mol. The molecule has 0 radical (unpaired) electrons. The van der Waals surface area contributed by atoms with Crippen LogP contribution in [0.25, 0.3) is 0 Å². The maximum Gasteiger partial charge on any atom is 0.309 e. The number of rotatable bonds is 9. The van der Waals surface area contributed by atoms with E-state index >= 15 is 0 Å². The molecule has 0 aromatic carbocycles. The number of hydrogen-bond acceptors (Lipinski definition) is 3. The maximum atomic E-state index is 11.4. The van der Waals surface area contributed by atoms with Crippen molar-refractivity contribution in [2.24, 2.45) is 5.41 Å². The van der Waals surface area contributed by atoms with Crippen molar-refractivity contribution in [3.63, 3.8) is 0 Å². The zero-order chi connectivity index (χ0) is 13.3. The van der Waals surface area contributed by atoms with Crippen LogP contribution in [0.3, 0.4) is 0 Å². The van der Waals surface area contributed by atoms with Gasteiger partial charge in [-0.25, -0.2) is 0 Å². The van der Waals surface area contributed by atoms with Crippen LogP contribution in [0, 0.1) is 5.41 Å². The minimum Gasteiger partial charge on any atom is -0.481 e. The van der Waals surface area contributed by atoms with E-state index < -0.39 is 11.4 Å². The van der Waals surface area contributed by atoms with Gasteiger partial charge in [0, 0.05) is 19.6 Å². The first-order valence-corrected chi connectivity index (χ1v) is 6.01. The summed E-state index contributed by atoms with van der Waals surface area (Å²) < 4.78 is 0. The van der Waals surface area contributed by atoms with E-state index in [1.165, 1.54) is 13.8 Å². The third-order valence-electron chi connectivity index (χ3n) is 2.59. The first-order chi connectivity index (χ1) is 7.90. The van der Waals surface area contributed by atoms with Crippen molar-refractivity contribution in [2.45, 2.75) is 46.0 Å². The number of carboxylic acid groups (broad SMARTS) is 1. The molecule has 0 rings (SSSR count). The molecule has 0 aromatic rings. The predicted octanol–water partition coefficient (Wildman–Crippen LogP) is 1.16. The molecule has 0 aliphatic heterocycles. The van der Waals surface area contributed by atoms with Gasteiger partial charge in [-0.2, -0.15) is 0 Å². The molecule has 0 atom stereocenters. The molecule has 0 saturated heterocycles. The number of aliphatic carboxylic acids is 1. The van der Waals surface area contributed by atoms with Crippen molar-refractivity contribution in [2.75, 3.05) is 13.2 Å². The lowest BCUT2D eigenvalue weighted by atomic mass is 9.89. The van der Waals surface area contributed by atoms with Crippen LogP contribution in [-0.4, -0.2) is 35.2 Å². The normalized spacial score (nSPS) is 11.2. The number of carboxylic acids is 1. The largest absolute Gasteiger partial charge is 0.481 e. The Bertz CT molecular complexity index is 251. The van der Waals surface area contributed by atoms with E-state index in [4.69, 9.17) is 10.2 Å². The number of aliphatic hydroxyl groups is 1. The quantitative estimate of drug-likeness (QED) is 0.532. The van der Waals surface area contributed by atoms with Crippen LogP contribution in [-0.2, 0) is 9.59 Å². The van der Waals surface area contributed by atoms with Crippen LogP contribution < -0.4 is 5.32 Å². The topological polar surface area (TPSA) is 86.6 Å². The van der Waals surface area contributed by atoms with Crippen LogP contribution in [0.5, 0.6) is 0 Å². The molecule has 5 heteroatoms. The van der Waals surface area contributed by atoms with Gasteiger partial charge < -0.3 is 15.5 Å². The minimum atomic E-state index is -1.01. The van der Waals surface area contributed by atoms with Crippen molar-refractivity contribution in [1.82, 2.24) is 5.32 Å². The zero-order valence-electron chi connectivity index (χ0n) is 10.7. The Morgan fingerprint density at radius 2 is 1.71 bits per heavy atom. The summed E-state index contributed by atoms with van der Waals surface area (Å²) in [5.41, 5.74) is -1.01. The SMILES string of the molecule is CC(C)(CC(=O)NCCCCCCO)C(=O)O. The first-order valence-electron chi connectivity index (χ1n) is 6.01. The van der Waals surface area contributed by atoms with Crippen molar-refractivity contribution in [1.29, 1.82) is 0 Å². The molecule has 0 aliphatic carbocycles. The van der Waals surface area contributed by atoms with E-state index in [1.54, 1.807) is 0 Å². The zero-order valence-corrected chi connectivity index (χ0v) is 10.7. The van der Waals surface area contributed by atoms with Gasteiger partial charge in [0.05, 0.1) is 5.41 Å². The molecule has 0 aliphatic rings. The molecule has 3 N–H and O–H groups in total. The van der Waals surface area contributed by atoms with Crippen molar-refractivity contribution in [3.05, 3.63) is 0 Å². The van der Waals surface area contributed by atoms with Crippen molar-refractivity contribution >= 4 is 11.9 Å². The first kappa shape index (κ1) is 15.9. The summed E-state index contributed by atoms with van der Waals surface area (Å²) in [5.74, 6) is -1.19. The molecule has 0 heterocycles. The average Bonchev–Trinajstić information content (AvgIpc) is 2.22. The Morgan fingerprint density at radius 3 is 2.24 bits per heavy atom. The lowest BCUT2D eigenvalue weighted by Gasteiger charge is -2.18. The standard InChI is InChI=1S/C12H23NO4/c1-12(2,11(16)17)9-10(15)13-7-5-3-4-6-8-14/h14H,3-9H2,1-2H3,(H,13,15)(H,16,17). The van der Waals surface area contributed by atoms with Gasteiger partial charge in [-0.1, -0.05) is 12.8 Å². The van der Waals surface area contributed by atoms with Gasteiger partial charge in [-0.15, -0.1) is 0 Å². The molecule has 1 amide bonds. The van der Waals surface area contributed by atoms with Crippen molar-refractivity contribution in [3.8, 4) is 0 Å². The van der Waals surface area contributed by atoms with Gasteiger partial charge in [-0.3, -0.25) is 9.59 Å². The van der Waals surface area contributed by atoms with Crippen LogP contribution in [0.2, 0.25) is 0 Å². The minimum absolute atomic E-state index is 0.00102. The number of unbranched alkanes of at least 4 members (excludes halogenated alkanes) is 3. The lowest BCUT2D eigenvalue weighted by Crippen LogP contribution is -2.33. The van der Waals surface area contributed by atoms with Gasteiger partial charge in [0.25, 0.3) is 0 Å². The highest BCUT2D eigenvalue weighted by Crippen LogP contribution is 2.19. The summed E-state index contributed by atoms with van der Waals surface area (Å²) in [6, 6.07) is 0. The smallest absolute Gasteiger partial charge is 0.309 e. The number of aliphatic hydroxyl groups excluding tert-OH is 1. The second-order valence-electron chi connectivity index (χ2n) is 4.85. The molecular weight excluding hydrogens is 222 g/mol. The Balaban J connectivity index is 3.63.